The summed E-state index contributed by atoms with van der Waals surface area (Å²) in [6.45, 7) is 0.110. The van der Waals surface area contributed by atoms with Crippen molar-refractivity contribution in [1.82, 2.24) is 9.97 Å². The van der Waals surface area contributed by atoms with Crippen molar-refractivity contribution in [2.75, 3.05) is 41.0 Å². The molecule has 0 bridgehead atoms. The minimum Gasteiger partial charge on any atom is -0.493 e. The molecule has 196 valence electrons. The van der Waals surface area contributed by atoms with Crippen molar-refractivity contribution in [3.8, 4) is 28.7 Å². The van der Waals surface area contributed by atoms with Crippen LogP contribution in [0.3, 0.4) is 0 Å². The van der Waals surface area contributed by atoms with Gasteiger partial charge < -0.3 is 34.2 Å². The first kappa shape index (κ1) is 24.9. The fourth-order valence-electron chi connectivity index (χ4n) is 4.75. The third-order valence-corrected chi connectivity index (χ3v) is 6.50. The maximum Gasteiger partial charge on any atom is 0.314 e. The lowest BCUT2D eigenvalue weighted by Crippen LogP contribution is -2.30. The summed E-state index contributed by atoms with van der Waals surface area (Å²) in [6, 6.07) is 7.40. The summed E-state index contributed by atoms with van der Waals surface area (Å²) in [5, 5.41) is 0. The third-order valence-electron chi connectivity index (χ3n) is 6.50. The number of methoxy groups -OCH3 is 4. The van der Waals surface area contributed by atoms with Gasteiger partial charge in [-0.25, -0.2) is 9.97 Å². The molecule has 3 aromatic rings. The van der Waals surface area contributed by atoms with Gasteiger partial charge in [-0.15, -0.1) is 0 Å². The van der Waals surface area contributed by atoms with E-state index in [1.165, 1.54) is 41.0 Å². The van der Waals surface area contributed by atoms with Crippen LogP contribution in [0.2, 0.25) is 0 Å². The van der Waals surface area contributed by atoms with Crippen LogP contribution in [-0.2, 0) is 9.53 Å². The van der Waals surface area contributed by atoms with Crippen LogP contribution in [0.5, 0.6) is 28.7 Å². The summed E-state index contributed by atoms with van der Waals surface area (Å²) in [6.07, 6.45) is 6.29. The van der Waals surface area contributed by atoms with Crippen LogP contribution in [0.4, 0.5) is 11.5 Å². The molecule has 11 nitrogen and oxygen atoms in total. The number of aromatic nitrogens is 2. The maximum atomic E-state index is 13.4. The molecule has 1 aromatic heterocycles. The highest BCUT2D eigenvalue weighted by molar-refractivity contribution is 5.98. The Bertz CT molecular complexity index is 1430. The maximum absolute atomic E-state index is 13.4. The number of aliphatic imine (C=N–C) groups is 1. The fourth-order valence-corrected chi connectivity index (χ4v) is 4.75. The second-order valence-corrected chi connectivity index (χ2v) is 8.47. The minimum absolute atomic E-state index is 0.110. The molecule has 0 fully saturated rings. The van der Waals surface area contributed by atoms with Crippen molar-refractivity contribution in [3.05, 3.63) is 59.1 Å². The third kappa shape index (κ3) is 4.32. The molecule has 0 saturated carbocycles. The predicted octanol–water partition coefficient (Wildman–Crippen LogP) is 3.53. The summed E-state index contributed by atoms with van der Waals surface area (Å²) < 4.78 is 33.3. The van der Waals surface area contributed by atoms with Gasteiger partial charge >= 0.3 is 5.97 Å². The van der Waals surface area contributed by atoms with E-state index in [-0.39, 0.29) is 12.6 Å². The minimum atomic E-state index is -0.787. The lowest BCUT2D eigenvalue weighted by molar-refractivity contribution is -0.144. The first-order valence-electron chi connectivity index (χ1n) is 11.6. The van der Waals surface area contributed by atoms with Gasteiger partial charge in [0.2, 0.25) is 12.5 Å². The number of hydrogen-bond acceptors (Lipinski definition) is 11. The summed E-state index contributed by atoms with van der Waals surface area (Å²) in [4.78, 5) is 25.8. The largest absolute Gasteiger partial charge is 0.493 e. The van der Waals surface area contributed by atoms with Gasteiger partial charge in [-0.05, 0) is 52.6 Å². The number of hydrogen-bond donors (Lipinski definition) is 1. The number of ether oxygens (including phenoxy) is 6. The van der Waals surface area contributed by atoms with Crippen molar-refractivity contribution in [3.63, 3.8) is 0 Å². The van der Waals surface area contributed by atoms with Crippen molar-refractivity contribution in [2.45, 2.75) is 5.92 Å². The van der Waals surface area contributed by atoms with E-state index in [9.17, 15) is 4.79 Å². The molecular weight excluding hydrogens is 492 g/mol. The van der Waals surface area contributed by atoms with Crippen LogP contribution in [-0.4, -0.2) is 57.4 Å². The number of fused-ring (bicyclic) bond motifs is 2. The van der Waals surface area contributed by atoms with Crippen LogP contribution in [0.25, 0.3) is 6.08 Å². The van der Waals surface area contributed by atoms with Crippen LogP contribution in [0.1, 0.15) is 22.6 Å². The highest BCUT2D eigenvalue weighted by atomic mass is 16.7. The lowest BCUT2D eigenvalue weighted by atomic mass is 9.71. The zero-order valence-electron chi connectivity index (χ0n) is 21.3. The Hall–Kier alpha value is -4.80. The van der Waals surface area contributed by atoms with Crippen molar-refractivity contribution in [1.29, 1.82) is 0 Å². The highest BCUT2D eigenvalue weighted by Gasteiger charge is 2.40. The van der Waals surface area contributed by atoms with Crippen molar-refractivity contribution < 1.29 is 33.2 Å². The smallest absolute Gasteiger partial charge is 0.314 e. The van der Waals surface area contributed by atoms with Crippen LogP contribution >= 0.6 is 0 Å². The van der Waals surface area contributed by atoms with E-state index in [4.69, 9.17) is 34.2 Å². The SMILES string of the molecule is COC(=O)[C@@H]1C(C=Nc2cncnc2N)=Cc2cc3c(cc2C1c1cc(OC)c(OC)c(OC)c1)OCO3. The summed E-state index contributed by atoms with van der Waals surface area (Å²) in [5.74, 6) is 0.975. The molecular formula is C27H26N4O7. The van der Waals surface area contributed by atoms with E-state index in [1.807, 2.05) is 30.3 Å². The Kier molecular flexibility index (Phi) is 6.73. The van der Waals surface area contributed by atoms with Crippen LogP contribution in [0.15, 0.2) is 47.4 Å². The number of benzene rings is 2. The standard InChI is InChI=1S/C27H26N4O7/c1-33-21-7-15(8-22(34-2)25(21)35-3)23-17-9-20-19(37-13-38-20)6-14(17)5-16(24(23)27(32)36-4)10-30-18-11-29-12-31-26(18)28/h5-12,23-24H,13H2,1-4H3,(H2,28,29,31)/t23?,24-/m1/s1. The Balaban J connectivity index is 1.74. The molecule has 0 saturated heterocycles. The highest BCUT2D eigenvalue weighted by Crippen LogP contribution is 2.50. The normalized spacial score (nSPS) is 17.5. The van der Waals surface area contributed by atoms with Gasteiger partial charge in [0.25, 0.3) is 0 Å². The number of carbonyl (C=O) groups is 1. The molecule has 2 aliphatic rings. The van der Waals surface area contributed by atoms with Gasteiger partial charge in [-0.2, -0.15) is 0 Å². The van der Waals surface area contributed by atoms with Gasteiger partial charge in [0, 0.05) is 12.1 Å². The molecule has 1 aliphatic carbocycles. The fraction of sp³-hybridized carbons (Fsp3) is 0.259. The molecule has 2 aromatic carbocycles. The van der Waals surface area contributed by atoms with Gasteiger partial charge in [-0.1, -0.05) is 0 Å². The zero-order chi connectivity index (χ0) is 26.8. The number of nitrogen functional groups attached to an aromatic ring is 1. The molecule has 2 atom stereocenters. The first-order valence-corrected chi connectivity index (χ1v) is 11.6. The number of nitrogens with two attached hydrogens (primary N) is 1. The zero-order valence-corrected chi connectivity index (χ0v) is 21.3. The van der Waals surface area contributed by atoms with Gasteiger partial charge in [0.1, 0.15) is 12.0 Å². The molecule has 1 unspecified atom stereocenters. The first-order chi connectivity index (χ1) is 18.5. The second-order valence-electron chi connectivity index (χ2n) is 8.47. The van der Waals surface area contributed by atoms with Gasteiger partial charge in [0.05, 0.1) is 40.6 Å². The van der Waals surface area contributed by atoms with E-state index < -0.39 is 17.8 Å². The molecule has 1 aliphatic heterocycles. The molecule has 11 heteroatoms. The van der Waals surface area contributed by atoms with E-state index in [1.54, 1.807) is 6.21 Å². The second kappa shape index (κ2) is 10.3. The monoisotopic (exact) mass is 518 g/mol. The molecule has 0 amide bonds. The topological polar surface area (TPSA) is 137 Å². The number of nitrogens with zero attached hydrogens (tertiary/aromatic N) is 3. The van der Waals surface area contributed by atoms with Crippen LogP contribution in [0, 0.1) is 5.92 Å². The number of carbonyl (C=O) groups excluding carboxylic acids is 1. The van der Waals surface area contributed by atoms with E-state index in [0.717, 1.165) is 16.7 Å². The Morgan fingerprint density at radius 2 is 1.76 bits per heavy atom. The number of anilines is 1. The van der Waals surface area contributed by atoms with Gasteiger partial charge in [0.15, 0.2) is 28.8 Å². The van der Waals surface area contributed by atoms with Crippen molar-refractivity contribution in [2.24, 2.45) is 10.9 Å². The van der Waals surface area contributed by atoms with E-state index >= 15 is 0 Å². The quantitative estimate of drug-likeness (QED) is 0.365. The van der Waals surface area contributed by atoms with Crippen molar-refractivity contribution >= 4 is 29.8 Å². The molecule has 0 spiro atoms. The Morgan fingerprint density at radius 3 is 2.39 bits per heavy atom. The molecule has 38 heavy (non-hydrogen) atoms. The van der Waals surface area contributed by atoms with Gasteiger partial charge in [-0.3, -0.25) is 9.79 Å². The molecule has 0 radical (unpaired) electrons. The average molecular weight is 519 g/mol. The average Bonchev–Trinajstić information content (AvgIpc) is 3.40. The number of rotatable bonds is 7. The summed E-state index contributed by atoms with van der Waals surface area (Å²) >= 11 is 0. The molecule has 5 rings (SSSR count). The lowest BCUT2D eigenvalue weighted by Gasteiger charge is -2.32. The van der Waals surface area contributed by atoms with Crippen LogP contribution < -0.4 is 29.4 Å². The Labute approximate surface area is 218 Å². The predicted molar refractivity (Wildman–Crippen MR) is 139 cm³/mol. The molecule has 2 N–H and O–H groups in total. The summed E-state index contributed by atoms with van der Waals surface area (Å²) in [5.41, 5.74) is 9.31. The Morgan fingerprint density at radius 1 is 1.05 bits per heavy atom. The molecule has 2 heterocycles. The van der Waals surface area contributed by atoms with E-state index in [2.05, 4.69) is 15.0 Å². The summed E-state index contributed by atoms with van der Waals surface area (Å²) in [7, 11) is 5.96. The number of esters is 1. The van der Waals surface area contributed by atoms with E-state index in [0.29, 0.717) is 40.0 Å².